The Labute approximate surface area is 108 Å². The van der Waals surface area contributed by atoms with E-state index in [-0.39, 0.29) is 0 Å². The van der Waals surface area contributed by atoms with Crippen LogP contribution in [-0.4, -0.2) is 21.6 Å². The molecule has 1 fully saturated rings. The summed E-state index contributed by atoms with van der Waals surface area (Å²) in [5, 5.41) is 9.49. The van der Waals surface area contributed by atoms with Gasteiger partial charge in [-0.2, -0.15) is 5.10 Å². The summed E-state index contributed by atoms with van der Waals surface area (Å²) < 4.78 is 2.04. The minimum atomic E-state index is 0.767. The first-order valence-electron chi connectivity index (χ1n) is 6.61. The lowest BCUT2D eigenvalue weighted by Gasteiger charge is -2.07. The third-order valence-corrected chi connectivity index (χ3v) is 4.45. The standard InChI is InChI=1S/C13H23N3S/c1-4-5-8-17-13-12(9-14-11-6-7-11)10(2)15-16(13)3/h11,14H,4-9H2,1-3H3. The molecule has 0 aliphatic heterocycles. The van der Waals surface area contributed by atoms with Crippen LogP contribution < -0.4 is 5.32 Å². The van der Waals surface area contributed by atoms with E-state index in [2.05, 4.69) is 31.3 Å². The zero-order valence-electron chi connectivity index (χ0n) is 11.1. The summed E-state index contributed by atoms with van der Waals surface area (Å²) in [5.74, 6) is 1.20. The van der Waals surface area contributed by atoms with E-state index in [4.69, 9.17) is 0 Å². The molecule has 4 heteroatoms. The first-order chi connectivity index (χ1) is 8.22. The molecule has 1 saturated carbocycles. The van der Waals surface area contributed by atoms with Gasteiger partial charge in [-0.3, -0.25) is 4.68 Å². The summed E-state index contributed by atoms with van der Waals surface area (Å²) in [7, 11) is 2.06. The topological polar surface area (TPSA) is 29.9 Å². The van der Waals surface area contributed by atoms with Gasteiger partial charge in [0.25, 0.3) is 0 Å². The molecule has 1 N–H and O–H groups in total. The molecule has 1 aromatic heterocycles. The van der Waals surface area contributed by atoms with E-state index < -0.39 is 0 Å². The number of unbranched alkanes of at least 4 members (excludes halogenated alkanes) is 1. The Morgan fingerprint density at radius 3 is 2.88 bits per heavy atom. The van der Waals surface area contributed by atoms with Crippen LogP contribution in [0, 0.1) is 6.92 Å². The highest BCUT2D eigenvalue weighted by molar-refractivity contribution is 7.99. The van der Waals surface area contributed by atoms with Crippen molar-refractivity contribution in [1.82, 2.24) is 15.1 Å². The molecule has 1 aliphatic carbocycles. The van der Waals surface area contributed by atoms with Crippen LogP contribution in [0.3, 0.4) is 0 Å². The van der Waals surface area contributed by atoms with E-state index in [0.29, 0.717) is 0 Å². The predicted molar refractivity (Wildman–Crippen MR) is 73.4 cm³/mol. The molecule has 1 aromatic rings. The highest BCUT2D eigenvalue weighted by atomic mass is 32.2. The second kappa shape index (κ2) is 5.91. The fourth-order valence-electron chi connectivity index (χ4n) is 1.91. The van der Waals surface area contributed by atoms with Gasteiger partial charge < -0.3 is 5.32 Å². The van der Waals surface area contributed by atoms with Crippen molar-refractivity contribution in [3.63, 3.8) is 0 Å². The molecule has 96 valence electrons. The maximum atomic E-state index is 4.54. The van der Waals surface area contributed by atoms with Crippen molar-refractivity contribution < 1.29 is 0 Å². The molecular weight excluding hydrogens is 230 g/mol. The Bertz CT molecular complexity index is 369. The molecule has 0 saturated heterocycles. The normalized spacial score (nSPS) is 15.5. The second-order valence-electron chi connectivity index (χ2n) is 4.85. The van der Waals surface area contributed by atoms with Crippen LogP contribution in [0.25, 0.3) is 0 Å². The summed E-state index contributed by atoms with van der Waals surface area (Å²) in [6, 6.07) is 0.767. The molecule has 0 spiro atoms. The number of aryl methyl sites for hydroxylation is 2. The van der Waals surface area contributed by atoms with Crippen LogP contribution in [0.4, 0.5) is 0 Å². The summed E-state index contributed by atoms with van der Waals surface area (Å²) in [6.07, 6.45) is 5.24. The predicted octanol–water partition coefficient (Wildman–Crippen LogP) is 2.87. The number of hydrogen-bond acceptors (Lipinski definition) is 3. The molecule has 0 bridgehead atoms. The average molecular weight is 253 g/mol. The highest BCUT2D eigenvalue weighted by Crippen LogP contribution is 2.27. The molecule has 0 aromatic carbocycles. The molecule has 0 radical (unpaired) electrons. The first-order valence-corrected chi connectivity index (χ1v) is 7.59. The van der Waals surface area contributed by atoms with Crippen molar-refractivity contribution in [2.45, 2.75) is 57.1 Å². The Hall–Kier alpha value is -0.480. The van der Waals surface area contributed by atoms with Crippen LogP contribution in [-0.2, 0) is 13.6 Å². The Morgan fingerprint density at radius 2 is 2.24 bits per heavy atom. The Kier molecular flexibility index (Phi) is 4.51. The first kappa shape index (κ1) is 13.0. The third kappa shape index (κ3) is 3.49. The van der Waals surface area contributed by atoms with Gasteiger partial charge in [0.15, 0.2) is 0 Å². The lowest BCUT2D eigenvalue weighted by molar-refractivity contribution is 0.658. The van der Waals surface area contributed by atoms with Gasteiger partial charge in [-0.05, 0) is 31.9 Å². The summed E-state index contributed by atoms with van der Waals surface area (Å²) >= 11 is 1.95. The molecule has 17 heavy (non-hydrogen) atoms. The summed E-state index contributed by atoms with van der Waals surface area (Å²) in [4.78, 5) is 0. The third-order valence-electron chi connectivity index (χ3n) is 3.17. The number of aromatic nitrogens is 2. The molecule has 1 heterocycles. The number of hydrogen-bond donors (Lipinski definition) is 1. The van der Waals surface area contributed by atoms with Gasteiger partial charge in [0, 0.05) is 25.2 Å². The van der Waals surface area contributed by atoms with Crippen molar-refractivity contribution in [3.8, 4) is 0 Å². The maximum Gasteiger partial charge on any atom is 0.0984 e. The van der Waals surface area contributed by atoms with Crippen molar-refractivity contribution in [1.29, 1.82) is 0 Å². The van der Waals surface area contributed by atoms with Gasteiger partial charge in [0.1, 0.15) is 0 Å². The van der Waals surface area contributed by atoms with Crippen LogP contribution in [0.1, 0.15) is 43.9 Å². The minimum absolute atomic E-state index is 0.767. The van der Waals surface area contributed by atoms with E-state index in [9.17, 15) is 0 Å². The molecule has 0 unspecified atom stereocenters. The van der Waals surface area contributed by atoms with Gasteiger partial charge >= 0.3 is 0 Å². The Morgan fingerprint density at radius 1 is 1.47 bits per heavy atom. The monoisotopic (exact) mass is 253 g/mol. The van der Waals surface area contributed by atoms with Crippen LogP contribution >= 0.6 is 11.8 Å². The van der Waals surface area contributed by atoms with Crippen molar-refractivity contribution in [2.75, 3.05) is 5.75 Å². The molecule has 2 rings (SSSR count). The number of nitrogens with one attached hydrogen (secondary N) is 1. The zero-order chi connectivity index (χ0) is 12.3. The van der Waals surface area contributed by atoms with E-state index in [1.165, 1.54) is 47.7 Å². The van der Waals surface area contributed by atoms with E-state index >= 15 is 0 Å². The Balaban J connectivity index is 1.99. The SMILES string of the molecule is CCCCSc1c(CNC2CC2)c(C)nn1C. The average Bonchev–Trinajstić information content (AvgIpc) is 3.06. The smallest absolute Gasteiger partial charge is 0.0984 e. The van der Waals surface area contributed by atoms with Crippen LogP contribution in [0.5, 0.6) is 0 Å². The quantitative estimate of drug-likeness (QED) is 0.598. The molecule has 1 aliphatic rings. The fourth-order valence-corrected chi connectivity index (χ4v) is 3.16. The lowest BCUT2D eigenvalue weighted by atomic mass is 10.2. The number of nitrogens with zero attached hydrogens (tertiary/aromatic N) is 2. The van der Waals surface area contributed by atoms with Gasteiger partial charge in [0.2, 0.25) is 0 Å². The van der Waals surface area contributed by atoms with Gasteiger partial charge in [-0.15, -0.1) is 11.8 Å². The van der Waals surface area contributed by atoms with Crippen molar-refractivity contribution in [2.24, 2.45) is 7.05 Å². The van der Waals surface area contributed by atoms with E-state index in [1.807, 2.05) is 16.4 Å². The largest absolute Gasteiger partial charge is 0.310 e. The number of rotatable bonds is 7. The summed E-state index contributed by atoms with van der Waals surface area (Å²) in [6.45, 7) is 5.34. The molecule has 0 amide bonds. The zero-order valence-corrected chi connectivity index (χ0v) is 11.9. The molecule has 0 atom stereocenters. The highest BCUT2D eigenvalue weighted by Gasteiger charge is 2.22. The van der Waals surface area contributed by atoms with Crippen LogP contribution in [0.15, 0.2) is 5.03 Å². The molecule has 3 nitrogen and oxygen atoms in total. The fraction of sp³-hybridized carbons (Fsp3) is 0.769. The van der Waals surface area contributed by atoms with E-state index in [0.717, 1.165) is 12.6 Å². The van der Waals surface area contributed by atoms with Crippen molar-refractivity contribution in [3.05, 3.63) is 11.3 Å². The van der Waals surface area contributed by atoms with Gasteiger partial charge in [-0.1, -0.05) is 13.3 Å². The minimum Gasteiger partial charge on any atom is -0.310 e. The lowest BCUT2D eigenvalue weighted by Crippen LogP contribution is -2.16. The number of thioether (sulfide) groups is 1. The summed E-state index contributed by atoms with van der Waals surface area (Å²) in [5.41, 5.74) is 2.58. The van der Waals surface area contributed by atoms with Gasteiger partial charge in [-0.25, -0.2) is 0 Å². The van der Waals surface area contributed by atoms with Crippen LogP contribution in [0.2, 0.25) is 0 Å². The maximum absolute atomic E-state index is 4.54. The van der Waals surface area contributed by atoms with Gasteiger partial charge in [0.05, 0.1) is 10.7 Å². The van der Waals surface area contributed by atoms with E-state index in [1.54, 1.807) is 0 Å². The molecular formula is C13H23N3S. The second-order valence-corrected chi connectivity index (χ2v) is 5.93. The van der Waals surface area contributed by atoms with Crippen molar-refractivity contribution >= 4 is 11.8 Å².